The van der Waals surface area contributed by atoms with E-state index in [1.165, 1.54) is 0 Å². The first-order valence-corrected chi connectivity index (χ1v) is 8.47. The standard InChI is InChI=1S/C18H22ClN3O4/c1-12(2)18(3,11-20)22-15(23)10-26-16(24)8-9-21-17(25)13-4-6-14(19)7-5-13/h4-7,12H,8-10H2,1-3H3,(H,21,25)(H,22,23)/t18-/m0/s1. The molecule has 0 radical (unpaired) electrons. The Bertz CT molecular complexity index is 697. The van der Waals surface area contributed by atoms with E-state index < -0.39 is 24.0 Å². The normalized spacial score (nSPS) is 12.6. The van der Waals surface area contributed by atoms with Crippen LogP contribution in [0.1, 0.15) is 37.6 Å². The van der Waals surface area contributed by atoms with Crippen molar-refractivity contribution in [3.63, 3.8) is 0 Å². The van der Waals surface area contributed by atoms with Crippen LogP contribution in [0.2, 0.25) is 5.02 Å². The van der Waals surface area contributed by atoms with Gasteiger partial charge in [0.25, 0.3) is 11.8 Å². The van der Waals surface area contributed by atoms with Crippen molar-refractivity contribution < 1.29 is 19.1 Å². The van der Waals surface area contributed by atoms with Crippen LogP contribution < -0.4 is 10.6 Å². The number of esters is 1. The average Bonchev–Trinajstić information content (AvgIpc) is 2.60. The first kappa shape index (κ1) is 21.5. The second-order valence-electron chi connectivity index (χ2n) is 6.19. The molecule has 1 aromatic rings. The minimum atomic E-state index is -1.03. The quantitative estimate of drug-likeness (QED) is 0.672. The molecular formula is C18H22ClN3O4. The van der Waals surface area contributed by atoms with Crippen molar-refractivity contribution >= 4 is 29.4 Å². The lowest BCUT2D eigenvalue weighted by Gasteiger charge is -2.27. The number of carbonyl (C=O) groups is 3. The molecule has 0 aromatic heterocycles. The Morgan fingerprint density at radius 1 is 1.27 bits per heavy atom. The van der Waals surface area contributed by atoms with Crippen LogP contribution in [-0.4, -0.2) is 36.5 Å². The number of nitriles is 1. The maximum Gasteiger partial charge on any atom is 0.308 e. The van der Waals surface area contributed by atoms with Gasteiger partial charge in [-0.25, -0.2) is 0 Å². The molecule has 140 valence electrons. The molecule has 0 heterocycles. The van der Waals surface area contributed by atoms with Crippen LogP contribution in [0.4, 0.5) is 0 Å². The van der Waals surface area contributed by atoms with Crippen LogP contribution in [-0.2, 0) is 14.3 Å². The Balaban J connectivity index is 2.32. The van der Waals surface area contributed by atoms with Crippen molar-refractivity contribution in [1.82, 2.24) is 10.6 Å². The van der Waals surface area contributed by atoms with Gasteiger partial charge in [0.05, 0.1) is 12.5 Å². The maximum absolute atomic E-state index is 11.9. The Kier molecular flexibility index (Phi) is 8.07. The molecule has 7 nitrogen and oxygen atoms in total. The number of carbonyl (C=O) groups excluding carboxylic acids is 3. The van der Waals surface area contributed by atoms with Gasteiger partial charge in [-0.05, 0) is 37.1 Å². The summed E-state index contributed by atoms with van der Waals surface area (Å²) in [5, 5.41) is 14.8. The third-order valence-electron chi connectivity index (χ3n) is 3.87. The number of ether oxygens (including phenoxy) is 1. The molecule has 0 saturated carbocycles. The average molecular weight is 380 g/mol. The highest BCUT2D eigenvalue weighted by Crippen LogP contribution is 2.14. The fourth-order valence-electron chi connectivity index (χ4n) is 1.83. The zero-order chi connectivity index (χ0) is 19.7. The highest BCUT2D eigenvalue weighted by molar-refractivity contribution is 6.30. The van der Waals surface area contributed by atoms with E-state index in [1.54, 1.807) is 45.0 Å². The predicted molar refractivity (Wildman–Crippen MR) is 96.4 cm³/mol. The van der Waals surface area contributed by atoms with E-state index in [0.717, 1.165) is 0 Å². The first-order chi connectivity index (χ1) is 12.2. The molecule has 1 atom stereocenters. The molecule has 0 fully saturated rings. The third kappa shape index (κ3) is 6.73. The molecule has 0 bridgehead atoms. The zero-order valence-electron chi connectivity index (χ0n) is 15.0. The molecule has 0 aliphatic carbocycles. The molecular weight excluding hydrogens is 358 g/mol. The molecule has 26 heavy (non-hydrogen) atoms. The smallest absolute Gasteiger partial charge is 0.308 e. The molecule has 0 aliphatic heterocycles. The number of nitrogens with one attached hydrogen (secondary N) is 2. The monoisotopic (exact) mass is 379 g/mol. The Labute approximate surface area is 157 Å². The van der Waals surface area contributed by atoms with E-state index in [-0.39, 0.29) is 24.8 Å². The number of benzene rings is 1. The van der Waals surface area contributed by atoms with Gasteiger partial charge in [0.15, 0.2) is 6.61 Å². The fraction of sp³-hybridized carbons (Fsp3) is 0.444. The lowest BCUT2D eigenvalue weighted by molar-refractivity contribution is -0.148. The van der Waals surface area contributed by atoms with Gasteiger partial charge in [0.1, 0.15) is 5.54 Å². The number of hydrogen-bond acceptors (Lipinski definition) is 5. The summed E-state index contributed by atoms with van der Waals surface area (Å²) in [7, 11) is 0. The van der Waals surface area contributed by atoms with Gasteiger partial charge >= 0.3 is 5.97 Å². The summed E-state index contributed by atoms with van der Waals surface area (Å²) >= 11 is 5.75. The minimum Gasteiger partial charge on any atom is -0.456 e. The summed E-state index contributed by atoms with van der Waals surface area (Å²) in [6.07, 6.45) is -0.0771. The van der Waals surface area contributed by atoms with Gasteiger partial charge in [-0.3, -0.25) is 14.4 Å². The molecule has 1 aromatic carbocycles. The minimum absolute atomic E-state index is 0.0732. The van der Waals surface area contributed by atoms with E-state index in [9.17, 15) is 14.4 Å². The van der Waals surface area contributed by atoms with E-state index in [4.69, 9.17) is 21.6 Å². The van der Waals surface area contributed by atoms with Gasteiger partial charge in [0.2, 0.25) is 0 Å². The summed E-state index contributed by atoms with van der Waals surface area (Å²) in [6, 6.07) is 8.36. The Hall–Kier alpha value is -2.59. The molecule has 0 saturated heterocycles. The largest absolute Gasteiger partial charge is 0.456 e. The number of amides is 2. The molecule has 8 heteroatoms. The molecule has 2 N–H and O–H groups in total. The van der Waals surface area contributed by atoms with E-state index in [1.807, 2.05) is 6.07 Å². The summed E-state index contributed by atoms with van der Waals surface area (Å²) < 4.78 is 4.85. The number of hydrogen-bond donors (Lipinski definition) is 2. The predicted octanol–water partition coefficient (Wildman–Crippen LogP) is 2.06. The summed E-state index contributed by atoms with van der Waals surface area (Å²) in [6.45, 7) is 4.80. The van der Waals surface area contributed by atoms with Crippen molar-refractivity contribution in [2.24, 2.45) is 5.92 Å². The fourth-order valence-corrected chi connectivity index (χ4v) is 1.95. The highest BCUT2D eigenvalue weighted by atomic mass is 35.5. The second kappa shape index (κ2) is 9.78. The van der Waals surface area contributed by atoms with Crippen LogP contribution in [0.15, 0.2) is 24.3 Å². The molecule has 0 spiro atoms. The zero-order valence-corrected chi connectivity index (χ0v) is 15.7. The number of rotatable bonds is 8. The third-order valence-corrected chi connectivity index (χ3v) is 4.12. The number of halogens is 1. The van der Waals surface area contributed by atoms with Crippen LogP contribution in [0.5, 0.6) is 0 Å². The van der Waals surface area contributed by atoms with Gasteiger partial charge in [-0.2, -0.15) is 5.26 Å². The first-order valence-electron chi connectivity index (χ1n) is 8.09. The molecule has 0 aliphatic rings. The Morgan fingerprint density at radius 3 is 2.42 bits per heavy atom. The van der Waals surface area contributed by atoms with Gasteiger partial charge < -0.3 is 15.4 Å². The van der Waals surface area contributed by atoms with E-state index in [0.29, 0.717) is 10.6 Å². The topological polar surface area (TPSA) is 108 Å². The lowest BCUT2D eigenvalue weighted by atomic mass is 9.90. The van der Waals surface area contributed by atoms with Crippen molar-refractivity contribution in [1.29, 1.82) is 5.26 Å². The highest BCUT2D eigenvalue weighted by Gasteiger charge is 2.30. The van der Waals surface area contributed by atoms with Crippen molar-refractivity contribution in [2.45, 2.75) is 32.7 Å². The van der Waals surface area contributed by atoms with E-state index >= 15 is 0 Å². The number of nitrogens with zero attached hydrogens (tertiary/aromatic N) is 1. The summed E-state index contributed by atoms with van der Waals surface area (Å²) in [5.74, 6) is -1.62. The second-order valence-corrected chi connectivity index (χ2v) is 6.63. The SMILES string of the molecule is CC(C)[C@](C)(C#N)NC(=O)COC(=O)CCNC(=O)c1ccc(Cl)cc1. The van der Waals surface area contributed by atoms with Crippen LogP contribution >= 0.6 is 11.6 Å². The summed E-state index contributed by atoms with van der Waals surface area (Å²) in [5.41, 5.74) is -0.609. The lowest BCUT2D eigenvalue weighted by Crippen LogP contribution is -2.50. The summed E-state index contributed by atoms with van der Waals surface area (Å²) in [4.78, 5) is 35.3. The van der Waals surface area contributed by atoms with Gasteiger partial charge in [0, 0.05) is 17.1 Å². The van der Waals surface area contributed by atoms with Crippen molar-refractivity contribution in [3.8, 4) is 6.07 Å². The van der Waals surface area contributed by atoms with Crippen LogP contribution in [0.3, 0.4) is 0 Å². The van der Waals surface area contributed by atoms with Crippen molar-refractivity contribution in [2.75, 3.05) is 13.2 Å². The Morgan fingerprint density at radius 2 is 1.88 bits per heavy atom. The molecule has 2 amide bonds. The van der Waals surface area contributed by atoms with Crippen LogP contribution in [0, 0.1) is 17.2 Å². The van der Waals surface area contributed by atoms with Crippen LogP contribution in [0.25, 0.3) is 0 Å². The molecule has 1 rings (SSSR count). The van der Waals surface area contributed by atoms with Gasteiger partial charge in [-0.1, -0.05) is 25.4 Å². The van der Waals surface area contributed by atoms with Gasteiger partial charge in [-0.15, -0.1) is 0 Å². The molecule has 0 unspecified atom stereocenters. The maximum atomic E-state index is 11.9. The van der Waals surface area contributed by atoms with E-state index in [2.05, 4.69) is 10.6 Å². The van der Waals surface area contributed by atoms with Crippen molar-refractivity contribution in [3.05, 3.63) is 34.9 Å².